The first kappa shape index (κ1) is 19.5. The van der Waals surface area contributed by atoms with Gasteiger partial charge in [-0.25, -0.2) is 9.97 Å². The van der Waals surface area contributed by atoms with Crippen molar-refractivity contribution in [2.45, 2.75) is 0 Å². The summed E-state index contributed by atoms with van der Waals surface area (Å²) in [4.78, 5) is 13.9. The van der Waals surface area contributed by atoms with Gasteiger partial charge in [-0.15, -0.1) is 0 Å². The molecule has 7 nitrogen and oxygen atoms in total. The minimum Gasteiger partial charge on any atom is -0.457 e. The highest BCUT2D eigenvalue weighted by molar-refractivity contribution is 5.74. The molecule has 0 unspecified atom stereocenters. The fourth-order valence-corrected chi connectivity index (χ4v) is 4.04. The molecule has 1 saturated heterocycles. The van der Waals surface area contributed by atoms with E-state index in [4.69, 9.17) is 9.72 Å². The van der Waals surface area contributed by atoms with Crippen molar-refractivity contribution < 1.29 is 9.84 Å². The highest BCUT2D eigenvalue weighted by Crippen LogP contribution is 2.34. The van der Waals surface area contributed by atoms with Gasteiger partial charge in [0.1, 0.15) is 11.5 Å². The van der Waals surface area contributed by atoms with Gasteiger partial charge in [-0.1, -0.05) is 30.3 Å². The van der Waals surface area contributed by atoms with Crippen molar-refractivity contribution in [3.8, 4) is 22.8 Å². The first-order valence-electron chi connectivity index (χ1n) is 10.6. The Hall–Kier alpha value is -3.42. The Morgan fingerprint density at radius 1 is 0.903 bits per heavy atom. The van der Waals surface area contributed by atoms with Crippen LogP contribution in [-0.2, 0) is 0 Å². The molecule has 4 aromatic rings. The van der Waals surface area contributed by atoms with Crippen LogP contribution < -0.4 is 9.64 Å². The summed E-state index contributed by atoms with van der Waals surface area (Å²) in [5.41, 5.74) is 2.77. The number of anilines is 1. The molecule has 0 spiro atoms. The topological polar surface area (TPSA) is 66.1 Å². The highest BCUT2D eigenvalue weighted by Gasteiger charge is 2.21. The summed E-state index contributed by atoms with van der Waals surface area (Å²) in [7, 11) is 0. The van der Waals surface area contributed by atoms with Crippen LogP contribution in [0.25, 0.3) is 16.9 Å². The van der Waals surface area contributed by atoms with Crippen molar-refractivity contribution in [2.75, 3.05) is 44.2 Å². The molecule has 0 amide bonds. The summed E-state index contributed by atoms with van der Waals surface area (Å²) in [6.45, 7) is 4.46. The average molecular weight is 415 g/mol. The van der Waals surface area contributed by atoms with Crippen molar-refractivity contribution in [1.29, 1.82) is 0 Å². The van der Waals surface area contributed by atoms with Crippen LogP contribution in [0.3, 0.4) is 0 Å². The summed E-state index contributed by atoms with van der Waals surface area (Å²) in [6, 6.07) is 17.8. The number of rotatable bonds is 6. The Morgan fingerprint density at radius 2 is 1.68 bits per heavy atom. The Bertz CT molecular complexity index is 1150. The predicted octanol–water partition coefficient (Wildman–Crippen LogP) is 3.30. The van der Waals surface area contributed by atoms with Crippen molar-refractivity contribution in [3.05, 3.63) is 73.2 Å². The molecule has 0 saturated carbocycles. The third kappa shape index (κ3) is 3.97. The second kappa shape index (κ2) is 8.75. The zero-order valence-electron chi connectivity index (χ0n) is 17.3. The van der Waals surface area contributed by atoms with Crippen LogP contribution in [0, 0.1) is 0 Å². The lowest BCUT2D eigenvalue weighted by Crippen LogP contribution is -2.47. The largest absolute Gasteiger partial charge is 0.457 e. The molecule has 0 bridgehead atoms. The maximum absolute atomic E-state index is 9.18. The zero-order chi connectivity index (χ0) is 21.0. The summed E-state index contributed by atoms with van der Waals surface area (Å²) in [5, 5.41) is 9.18. The lowest BCUT2D eigenvalue weighted by molar-refractivity contribution is 0.188. The van der Waals surface area contributed by atoms with Crippen molar-refractivity contribution in [3.63, 3.8) is 0 Å². The van der Waals surface area contributed by atoms with E-state index in [2.05, 4.69) is 25.3 Å². The number of nitrogens with zero attached hydrogens (tertiary/aromatic N) is 5. The molecule has 1 aliphatic heterocycles. The highest BCUT2D eigenvalue weighted by atomic mass is 16.5. The second-order valence-electron chi connectivity index (χ2n) is 7.55. The molecule has 2 aromatic heterocycles. The molecule has 2 aromatic carbocycles. The molecular weight excluding hydrogens is 390 g/mol. The normalized spacial score (nSPS) is 14.8. The van der Waals surface area contributed by atoms with E-state index in [1.807, 2.05) is 67.1 Å². The lowest BCUT2D eigenvalue weighted by Gasteiger charge is -2.35. The number of piperazine rings is 1. The van der Waals surface area contributed by atoms with Crippen LogP contribution in [0.1, 0.15) is 0 Å². The van der Waals surface area contributed by atoms with E-state index in [0.29, 0.717) is 0 Å². The van der Waals surface area contributed by atoms with E-state index >= 15 is 0 Å². The molecule has 0 radical (unpaired) electrons. The third-order valence-corrected chi connectivity index (χ3v) is 5.63. The minimum atomic E-state index is 0.196. The number of aliphatic hydroxyl groups is 1. The van der Waals surface area contributed by atoms with Gasteiger partial charge in [0.2, 0.25) is 0 Å². The second-order valence-corrected chi connectivity index (χ2v) is 7.55. The maximum Gasteiger partial charge on any atom is 0.180 e. The molecule has 1 N–H and O–H groups in total. The van der Waals surface area contributed by atoms with Crippen LogP contribution in [0.2, 0.25) is 0 Å². The molecule has 1 fully saturated rings. The Morgan fingerprint density at radius 3 is 2.48 bits per heavy atom. The van der Waals surface area contributed by atoms with Gasteiger partial charge in [0.15, 0.2) is 11.5 Å². The fraction of sp³-hybridized carbons (Fsp3) is 0.250. The van der Waals surface area contributed by atoms with E-state index in [1.165, 1.54) is 0 Å². The lowest BCUT2D eigenvalue weighted by atomic mass is 10.1. The monoisotopic (exact) mass is 415 g/mol. The van der Waals surface area contributed by atoms with Gasteiger partial charge < -0.3 is 14.7 Å². The van der Waals surface area contributed by atoms with Crippen LogP contribution in [0.4, 0.5) is 5.82 Å². The molecule has 158 valence electrons. The molecule has 1 aliphatic rings. The molecule has 3 heterocycles. The van der Waals surface area contributed by atoms with Crippen LogP contribution in [0.15, 0.2) is 73.2 Å². The number of hydrogen-bond acceptors (Lipinski definition) is 6. The number of aromatic nitrogens is 3. The van der Waals surface area contributed by atoms with Crippen LogP contribution in [-0.4, -0.2) is 63.7 Å². The fourth-order valence-electron chi connectivity index (χ4n) is 4.04. The van der Waals surface area contributed by atoms with Crippen LogP contribution >= 0.6 is 0 Å². The average Bonchev–Trinajstić information content (AvgIpc) is 3.25. The number of benzene rings is 2. The van der Waals surface area contributed by atoms with Crippen molar-refractivity contribution in [1.82, 2.24) is 19.3 Å². The van der Waals surface area contributed by atoms with E-state index in [-0.39, 0.29) is 6.61 Å². The number of fused-ring (bicyclic) bond motifs is 1. The molecule has 7 heteroatoms. The molecule has 5 rings (SSSR count). The van der Waals surface area contributed by atoms with Crippen LogP contribution in [0.5, 0.6) is 11.5 Å². The molecular formula is C24H25N5O2. The summed E-state index contributed by atoms with van der Waals surface area (Å²) >= 11 is 0. The number of aliphatic hydroxyl groups excluding tert-OH is 1. The summed E-state index contributed by atoms with van der Waals surface area (Å²) in [6.07, 6.45) is 5.66. The smallest absolute Gasteiger partial charge is 0.180 e. The van der Waals surface area contributed by atoms with Crippen molar-refractivity contribution >= 4 is 11.5 Å². The number of imidazole rings is 1. The van der Waals surface area contributed by atoms with Crippen molar-refractivity contribution in [2.24, 2.45) is 0 Å². The summed E-state index contributed by atoms with van der Waals surface area (Å²) < 4.78 is 8.25. The SMILES string of the molecule is OCCN1CCN(c2nccn3c(-c4ccccc4Oc4ccccc4)cnc23)CC1. The molecule has 0 aliphatic carbocycles. The van der Waals surface area contributed by atoms with E-state index < -0.39 is 0 Å². The predicted molar refractivity (Wildman–Crippen MR) is 121 cm³/mol. The summed E-state index contributed by atoms with van der Waals surface area (Å²) in [5.74, 6) is 2.47. The Labute approximate surface area is 181 Å². The maximum atomic E-state index is 9.18. The standard InChI is InChI=1S/C24H25N5O2/c30-17-16-27-12-14-28(15-13-27)23-24-26-18-21(29(24)11-10-25-23)20-8-4-5-9-22(20)31-19-6-2-1-3-7-19/h1-11,18,30H,12-17H2. The molecule has 0 atom stereocenters. The number of β-amino-alcohol motifs (C(OH)–C–C–N with tert-alkyl or cyclic N) is 1. The quantitative estimate of drug-likeness (QED) is 0.521. The van der Waals surface area contributed by atoms with Gasteiger partial charge in [0.05, 0.1) is 18.5 Å². The Kier molecular flexibility index (Phi) is 5.52. The minimum absolute atomic E-state index is 0.196. The third-order valence-electron chi connectivity index (χ3n) is 5.63. The molecule has 31 heavy (non-hydrogen) atoms. The van der Waals surface area contributed by atoms with Gasteiger partial charge in [-0.2, -0.15) is 0 Å². The van der Waals surface area contributed by atoms with E-state index in [0.717, 1.165) is 66.9 Å². The van der Waals surface area contributed by atoms with Gasteiger partial charge in [0, 0.05) is 50.7 Å². The van der Waals surface area contributed by atoms with Gasteiger partial charge in [0.25, 0.3) is 0 Å². The number of ether oxygens (including phenoxy) is 1. The van der Waals surface area contributed by atoms with Gasteiger partial charge in [-0.3, -0.25) is 9.30 Å². The van der Waals surface area contributed by atoms with E-state index in [1.54, 1.807) is 0 Å². The first-order valence-corrected chi connectivity index (χ1v) is 10.6. The number of para-hydroxylation sites is 2. The number of hydrogen-bond donors (Lipinski definition) is 1. The van der Waals surface area contributed by atoms with Gasteiger partial charge in [-0.05, 0) is 24.3 Å². The Balaban J connectivity index is 1.47. The van der Waals surface area contributed by atoms with Gasteiger partial charge >= 0.3 is 0 Å². The first-order chi connectivity index (χ1) is 15.3. The zero-order valence-corrected chi connectivity index (χ0v) is 17.3. The van der Waals surface area contributed by atoms with E-state index in [9.17, 15) is 5.11 Å².